The average Bonchev–Trinajstić information content (AvgIpc) is 2.54. The highest BCUT2D eigenvalue weighted by atomic mass is 16.4. The van der Waals surface area contributed by atoms with Crippen molar-refractivity contribution in [2.45, 2.75) is 0 Å². The number of aromatic carboxylic acids is 1. The van der Waals surface area contributed by atoms with Crippen LogP contribution < -0.4 is 5.43 Å². The summed E-state index contributed by atoms with van der Waals surface area (Å²) in [6.07, 6.45) is 5.35. The van der Waals surface area contributed by atoms with Gasteiger partial charge in [0.25, 0.3) is 0 Å². The van der Waals surface area contributed by atoms with Crippen LogP contribution in [0.4, 0.5) is 0 Å². The van der Waals surface area contributed by atoms with Crippen molar-refractivity contribution in [3.63, 3.8) is 0 Å². The first-order valence-electron chi connectivity index (χ1n) is 6.47. The number of carbonyl (C=O) groups is 1. The Bertz CT molecular complexity index is 990. The second-order valence-corrected chi connectivity index (χ2v) is 4.68. The molecule has 22 heavy (non-hydrogen) atoms. The van der Waals surface area contributed by atoms with Crippen molar-refractivity contribution in [2.24, 2.45) is 0 Å². The summed E-state index contributed by atoms with van der Waals surface area (Å²) in [6.45, 7) is 0. The summed E-state index contributed by atoms with van der Waals surface area (Å²) in [5.41, 5.74) is 1.13. The molecule has 4 nitrogen and oxygen atoms in total. The molecule has 0 aliphatic rings. The first-order chi connectivity index (χ1) is 10.6. The zero-order valence-electron chi connectivity index (χ0n) is 11.4. The lowest BCUT2D eigenvalue weighted by Gasteiger charge is -2.05. The van der Waals surface area contributed by atoms with E-state index in [4.69, 9.17) is 15.9 Å². The van der Waals surface area contributed by atoms with E-state index in [1.165, 1.54) is 18.2 Å². The monoisotopic (exact) mass is 290 g/mol. The van der Waals surface area contributed by atoms with E-state index in [0.717, 1.165) is 0 Å². The molecular formula is C18H10O4. The Hall–Kier alpha value is -3.32. The van der Waals surface area contributed by atoms with Gasteiger partial charge < -0.3 is 9.52 Å². The van der Waals surface area contributed by atoms with Crippen LogP contribution in [-0.2, 0) is 0 Å². The SMILES string of the molecule is C#Cc1cc(-c2cc(=O)c3ccccc3o2)ccc1C(=O)O. The number of rotatable bonds is 2. The van der Waals surface area contributed by atoms with Gasteiger partial charge in [0, 0.05) is 17.2 Å². The topological polar surface area (TPSA) is 67.5 Å². The molecule has 0 aliphatic carbocycles. The first-order valence-corrected chi connectivity index (χ1v) is 6.47. The van der Waals surface area contributed by atoms with Crippen LogP contribution in [0.1, 0.15) is 15.9 Å². The van der Waals surface area contributed by atoms with Crippen molar-refractivity contribution in [1.29, 1.82) is 0 Å². The lowest BCUT2D eigenvalue weighted by atomic mass is 10.0. The highest BCUT2D eigenvalue weighted by molar-refractivity contribution is 5.91. The second-order valence-electron chi connectivity index (χ2n) is 4.68. The summed E-state index contributed by atoms with van der Waals surface area (Å²) in [7, 11) is 0. The second kappa shape index (κ2) is 5.23. The lowest BCUT2D eigenvalue weighted by Crippen LogP contribution is -2.02. The minimum absolute atomic E-state index is 0.0365. The van der Waals surface area contributed by atoms with Gasteiger partial charge in [0.05, 0.1) is 10.9 Å². The van der Waals surface area contributed by atoms with E-state index in [-0.39, 0.29) is 16.6 Å². The van der Waals surface area contributed by atoms with Gasteiger partial charge in [-0.25, -0.2) is 4.79 Å². The molecule has 1 heterocycles. The number of carboxylic acids is 1. The van der Waals surface area contributed by atoms with Crippen molar-refractivity contribution in [3.8, 4) is 23.7 Å². The van der Waals surface area contributed by atoms with Gasteiger partial charge in [0.1, 0.15) is 11.3 Å². The number of fused-ring (bicyclic) bond motifs is 1. The number of hydrogen-bond acceptors (Lipinski definition) is 3. The Morgan fingerprint density at radius 2 is 1.91 bits per heavy atom. The van der Waals surface area contributed by atoms with Crippen LogP contribution in [-0.4, -0.2) is 11.1 Å². The standard InChI is InChI=1S/C18H10O4/c1-2-11-9-12(7-8-13(11)18(20)21)17-10-15(19)14-5-3-4-6-16(14)22-17/h1,3-10H,(H,20,21). The fraction of sp³-hybridized carbons (Fsp3) is 0. The van der Waals surface area contributed by atoms with Gasteiger partial charge in [0.2, 0.25) is 0 Å². The van der Waals surface area contributed by atoms with Crippen molar-refractivity contribution in [2.75, 3.05) is 0 Å². The van der Waals surface area contributed by atoms with Gasteiger partial charge in [-0.2, -0.15) is 0 Å². The summed E-state index contributed by atoms with van der Waals surface area (Å²) in [6, 6.07) is 12.8. The number of para-hydroxylation sites is 1. The number of terminal acetylenes is 1. The molecular weight excluding hydrogens is 280 g/mol. The Morgan fingerprint density at radius 1 is 1.14 bits per heavy atom. The third kappa shape index (κ3) is 2.25. The summed E-state index contributed by atoms with van der Waals surface area (Å²) in [5.74, 6) is 1.59. The van der Waals surface area contributed by atoms with Gasteiger partial charge in [-0.15, -0.1) is 6.42 Å². The third-order valence-corrected chi connectivity index (χ3v) is 3.32. The summed E-state index contributed by atoms with van der Waals surface area (Å²) in [5, 5.41) is 9.57. The maximum absolute atomic E-state index is 12.1. The number of hydrogen-bond donors (Lipinski definition) is 1. The largest absolute Gasteiger partial charge is 0.478 e. The summed E-state index contributed by atoms with van der Waals surface area (Å²) in [4.78, 5) is 23.2. The number of benzene rings is 2. The Labute approximate surface area is 125 Å². The van der Waals surface area contributed by atoms with Crippen molar-refractivity contribution in [1.82, 2.24) is 0 Å². The van der Waals surface area contributed by atoms with Gasteiger partial charge in [0.15, 0.2) is 5.43 Å². The molecule has 0 unspecified atom stereocenters. The van der Waals surface area contributed by atoms with Crippen LogP contribution in [0.25, 0.3) is 22.3 Å². The van der Waals surface area contributed by atoms with E-state index in [1.807, 2.05) is 0 Å². The molecule has 3 rings (SSSR count). The molecule has 2 aromatic carbocycles. The molecule has 0 spiro atoms. The van der Waals surface area contributed by atoms with Crippen LogP contribution in [0.15, 0.2) is 57.7 Å². The van der Waals surface area contributed by atoms with Crippen LogP contribution in [0.2, 0.25) is 0 Å². The minimum Gasteiger partial charge on any atom is -0.478 e. The van der Waals surface area contributed by atoms with Crippen molar-refractivity contribution < 1.29 is 14.3 Å². The molecule has 3 aromatic rings. The molecule has 0 amide bonds. The maximum Gasteiger partial charge on any atom is 0.336 e. The van der Waals surface area contributed by atoms with E-state index in [2.05, 4.69) is 5.92 Å². The Morgan fingerprint density at radius 3 is 2.64 bits per heavy atom. The van der Waals surface area contributed by atoms with Crippen LogP contribution in [0.5, 0.6) is 0 Å². The first kappa shape index (κ1) is 13.7. The highest BCUT2D eigenvalue weighted by Crippen LogP contribution is 2.24. The number of carboxylic acid groups (broad SMARTS) is 1. The quantitative estimate of drug-likeness (QED) is 0.736. The molecule has 106 valence electrons. The van der Waals surface area contributed by atoms with E-state index >= 15 is 0 Å². The normalized spacial score (nSPS) is 10.3. The summed E-state index contributed by atoms with van der Waals surface area (Å²) >= 11 is 0. The van der Waals surface area contributed by atoms with E-state index in [0.29, 0.717) is 22.3 Å². The molecule has 0 fully saturated rings. The smallest absolute Gasteiger partial charge is 0.336 e. The van der Waals surface area contributed by atoms with Crippen LogP contribution in [0, 0.1) is 12.3 Å². The molecule has 1 N–H and O–H groups in total. The fourth-order valence-corrected chi connectivity index (χ4v) is 2.25. The highest BCUT2D eigenvalue weighted by Gasteiger charge is 2.12. The Balaban J connectivity index is 2.22. The molecule has 0 aliphatic heterocycles. The van der Waals surface area contributed by atoms with Gasteiger partial charge in [-0.3, -0.25) is 4.79 Å². The zero-order chi connectivity index (χ0) is 15.7. The molecule has 1 aromatic heterocycles. The van der Waals surface area contributed by atoms with Crippen LogP contribution in [0.3, 0.4) is 0 Å². The van der Waals surface area contributed by atoms with Crippen molar-refractivity contribution in [3.05, 3.63) is 69.9 Å². The van der Waals surface area contributed by atoms with Gasteiger partial charge in [-0.1, -0.05) is 24.1 Å². The molecule has 0 bridgehead atoms. The molecule has 0 saturated heterocycles. The Kier molecular flexibility index (Phi) is 3.24. The summed E-state index contributed by atoms with van der Waals surface area (Å²) < 4.78 is 5.71. The minimum atomic E-state index is -1.10. The predicted octanol–water partition coefficient (Wildman–Crippen LogP) is 3.14. The predicted molar refractivity (Wildman–Crippen MR) is 82.8 cm³/mol. The maximum atomic E-state index is 12.1. The zero-order valence-corrected chi connectivity index (χ0v) is 11.4. The average molecular weight is 290 g/mol. The van der Waals surface area contributed by atoms with E-state index in [9.17, 15) is 9.59 Å². The molecule has 0 radical (unpaired) electrons. The van der Waals surface area contributed by atoms with E-state index < -0.39 is 5.97 Å². The van der Waals surface area contributed by atoms with Crippen LogP contribution >= 0.6 is 0 Å². The van der Waals surface area contributed by atoms with Gasteiger partial charge >= 0.3 is 5.97 Å². The molecule has 4 heteroatoms. The third-order valence-electron chi connectivity index (χ3n) is 3.32. The molecule has 0 saturated carbocycles. The van der Waals surface area contributed by atoms with Gasteiger partial charge in [-0.05, 0) is 24.3 Å². The molecule has 0 atom stereocenters. The fourth-order valence-electron chi connectivity index (χ4n) is 2.25. The van der Waals surface area contributed by atoms with E-state index in [1.54, 1.807) is 30.3 Å². The van der Waals surface area contributed by atoms with Crippen molar-refractivity contribution >= 4 is 16.9 Å². The lowest BCUT2D eigenvalue weighted by molar-refractivity contribution is 0.0696.